The number of piperidine rings is 1. The number of carbonyl (C=O) groups excluding carboxylic acids is 2. The Morgan fingerprint density at radius 1 is 1.35 bits per heavy atom. The molecule has 3 amide bonds. The second-order valence-corrected chi connectivity index (χ2v) is 10.2. The SMILES string of the molecule is Cn1cnc(-c2cc(Cl)c(F)c(C(=O)NNS(=O)(=O)CC3CCCN(C(=O)NCCO)C3)c2)c1. The molecule has 1 aromatic carbocycles. The molecule has 1 fully saturated rings. The van der Waals surface area contributed by atoms with Crippen LogP contribution in [0.3, 0.4) is 0 Å². The molecule has 0 bridgehead atoms. The van der Waals surface area contributed by atoms with Crippen molar-refractivity contribution in [3.63, 3.8) is 0 Å². The van der Waals surface area contributed by atoms with Crippen molar-refractivity contribution < 1.29 is 27.5 Å². The van der Waals surface area contributed by atoms with Gasteiger partial charge in [-0.2, -0.15) is 0 Å². The summed E-state index contributed by atoms with van der Waals surface area (Å²) < 4.78 is 41.2. The predicted octanol–water partition coefficient (Wildman–Crippen LogP) is 0.858. The molecule has 1 aromatic heterocycles. The predicted molar refractivity (Wildman–Crippen MR) is 123 cm³/mol. The fraction of sp³-hybridized carbons (Fsp3) is 0.450. The monoisotopic (exact) mass is 516 g/mol. The lowest BCUT2D eigenvalue weighted by molar-refractivity contribution is 0.0941. The number of aliphatic hydroxyl groups excluding tert-OH is 1. The first-order valence-electron chi connectivity index (χ1n) is 10.5. The van der Waals surface area contributed by atoms with Gasteiger partial charge in [0.2, 0.25) is 10.0 Å². The molecular formula is C20H26ClFN6O5S. The summed E-state index contributed by atoms with van der Waals surface area (Å²) in [5.41, 5.74) is 2.43. The first-order valence-corrected chi connectivity index (χ1v) is 12.5. The minimum atomic E-state index is -3.98. The number of hydrogen-bond acceptors (Lipinski definition) is 6. The number of rotatable bonds is 8. The van der Waals surface area contributed by atoms with Crippen LogP contribution in [0.5, 0.6) is 0 Å². The Morgan fingerprint density at radius 2 is 2.12 bits per heavy atom. The molecule has 0 saturated carbocycles. The topological polar surface area (TPSA) is 146 Å². The van der Waals surface area contributed by atoms with Crippen LogP contribution in [0, 0.1) is 11.7 Å². The highest BCUT2D eigenvalue weighted by Gasteiger charge is 2.28. The normalized spacial score (nSPS) is 16.4. The summed E-state index contributed by atoms with van der Waals surface area (Å²) in [5.74, 6) is -2.71. The second kappa shape index (κ2) is 11.1. The number of carbonyl (C=O) groups is 2. The lowest BCUT2D eigenvalue weighted by Gasteiger charge is -2.32. The highest BCUT2D eigenvalue weighted by molar-refractivity contribution is 7.89. The molecule has 1 aliphatic rings. The standard InChI is InChI=1S/C20H26ClFN6O5S/c1-27-10-17(24-12-27)14-7-15(18(22)16(21)8-14)19(30)25-26-34(32,33)11-13-3-2-5-28(9-13)20(31)23-4-6-29/h7-8,10,12-13,26,29H,2-6,9,11H2,1H3,(H,23,31)(H,25,30). The average molecular weight is 517 g/mol. The van der Waals surface area contributed by atoms with Crippen molar-refractivity contribution >= 4 is 33.6 Å². The average Bonchev–Trinajstić information content (AvgIpc) is 3.23. The van der Waals surface area contributed by atoms with E-state index in [1.165, 1.54) is 23.4 Å². The maximum absolute atomic E-state index is 14.5. The third kappa shape index (κ3) is 6.65. The molecule has 0 spiro atoms. The highest BCUT2D eigenvalue weighted by atomic mass is 35.5. The molecule has 186 valence electrons. The summed E-state index contributed by atoms with van der Waals surface area (Å²) in [7, 11) is -2.24. The Kier molecular flexibility index (Phi) is 8.47. The molecule has 2 aromatic rings. The largest absolute Gasteiger partial charge is 0.395 e. The van der Waals surface area contributed by atoms with Crippen LogP contribution in [0.1, 0.15) is 23.2 Å². The maximum Gasteiger partial charge on any atom is 0.317 e. The van der Waals surface area contributed by atoms with Gasteiger partial charge in [0.1, 0.15) is 0 Å². The number of benzene rings is 1. The number of hydrogen-bond donors (Lipinski definition) is 4. The third-order valence-corrected chi connectivity index (χ3v) is 6.84. The summed E-state index contributed by atoms with van der Waals surface area (Å²) in [6.07, 6.45) is 4.38. The van der Waals surface area contributed by atoms with Gasteiger partial charge in [-0.15, -0.1) is 4.83 Å². The number of amides is 3. The van der Waals surface area contributed by atoms with E-state index >= 15 is 0 Å². The van der Waals surface area contributed by atoms with Gasteiger partial charge in [-0.25, -0.2) is 22.6 Å². The summed E-state index contributed by atoms with van der Waals surface area (Å²) in [5, 5.41) is 11.0. The Bertz CT molecular complexity index is 1160. The Hall–Kier alpha value is -2.74. The molecule has 11 nitrogen and oxygen atoms in total. The molecule has 1 saturated heterocycles. The van der Waals surface area contributed by atoms with E-state index in [0.29, 0.717) is 30.6 Å². The van der Waals surface area contributed by atoms with Gasteiger partial charge >= 0.3 is 6.03 Å². The number of halogens is 2. The summed E-state index contributed by atoms with van der Waals surface area (Å²) in [6, 6.07) is 2.18. The number of imidazole rings is 1. The fourth-order valence-corrected chi connectivity index (χ4v) is 5.11. The van der Waals surface area contributed by atoms with Gasteiger partial charge in [0.05, 0.1) is 35.0 Å². The molecule has 4 N–H and O–H groups in total. The molecular weight excluding hydrogens is 491 g/mol. The van der Waals surface area contributed by atoms with Crippen LogP contribution in [0.4, 0.5) is 9.18 Å². The van der Waals surface area contributed by atoms with Crippen molar-refractivity contribution in [1.82, 2.24) is 30.0 Å². The minimum absolute atomic E-state index is 0.105. The van der Waals surface area contributed by atoms with E-state index in [0.717, 1.165) is 0 Å². The number of aliphatic hydroxyl groups is 1. The summed E-state index contributed by atoms with van der Waals surface area (Å²) in [6.45, 7) is 0.596. The number of aromatic nitrogens is 2. The zero-order valence-corrected chi connectivity index (χ0v) is 20.0. The van der Waals surface area contributed by atoms with Gasteiger partial charge in [0, 0.05) is 38.4 Å². The Balaban J connectivity index is 1.63. The van der Waals surface area contributed by atoms with Crippen LogP contribution in [0.25, 0.3) is 11.3 Å². The Morgan fingerprint density at radius 3 is 2.79 bits per heavy atom. The van der Waals surface area contributed by atoms with Crippen molar-refractivity contribution in [2.45, 2.75) is 12.8 Å². The van der Waals surface area contributed by atoms with E-state index in [4.69, 9.17) is 16.7 Å². The summed E-state index contributed by atoms with van der Waals surface area (Å²) in [4.78, 5) is 32.2. The molecule has 3 rings (SSSR count). The van der Waals surface area contributed by atoms with Crippen LogP contribution in [0.15, 0.2) is 24.7 Å². The van der Waals surface area contributed by atoms with Gasteiger partial charge in [-0.1, -0.05) is 11.6 Å². The van der Waals surface area contributed by atoms with E-state index in [-0.39, 0.29) is 42.4 Å². The molecule has 0 aliphatic carbocycles. The van der Waals surface area contributed by atoms with E-state index in [1.807, 2.05) is 10.3 Å². The van der Waals surface area contributed by atoms with Gasteiger partial charge in [-0.3, -0.25) is 10.2 Å². The van der Waals surface area contributed by atoms with E-state index < -0.39 is 27.3 Å². The fourth-order valence-electron chi connectivity index (χ4n) is 3.67. The van der Waals surface area contributed by atoms with Crippen LogP contribution < -0.4 is 15.6 Å². The minimum Gasteiger partial charge on any atom is -0.395 e. The smallest absolute Gasteiger partial charge is 0.317 e. The molecule has 0 radical (unpaired) electrons. The van der Waals surface area contributed by atoms with E-state index in [9.17, 15) is 22.4 Å². The number of aryl methyl sites for hydroxylation is 1. The first kappa shape index (κ1) is 25.9. The number of nitrogens with one attached hydrogen (secondary N) is 3. The zero-order chi connectivity index (χ0) is 24.9. The molecule has 1 aliphatic heterocycles. The van der Waals surface area contributed by atoms with Crippen LogP contribution in [0.2, 0.25) is 5.02 Å². The Labute approximate surface area is 201 Å². The quantitative estimate of drug-likeness (QED) is 0.383. The van der Waals surface area contributed by atoms with Crippen LogP contribution in [-0.4, -0.2) is 71.9 Å². The second-order valence-electron chi connectivity index (χ2n) is 7.99. The van der Waals surface area contributed by atoms with E-state index in [1.54, 1.807) is 17.8 Å². The molecule has 14 heteroatoms. The van der Waals surface area contributed by atoms with Crippen LogP contribution in [-0.2, 0) is 17.1 Å². The first-order chi connectivity index (χ1) is 16.1. The van der Waals surface area contributed by atoms with Crippen molar-refractivity contribution in [2.24, 2.45) is 13.0 Å². The third-order valence-electron chi connectivity index (χ3n) is 5.24. The molecule has 34 heavy (non-hydrogen) atoms. The highest BCUT2D eigenvalue weighted by Crippen LogP contribution is 2.27. The molecule has 1 atom stereocenters. The number of likely N-dealkylation sites (tertiary alicyclic amines) is 1. The lowest BCUT2D eigenvalue weighted by atomic mass is 10.0. The van der Waals surface area contributed by atoms with Crippen molar-refractivity contribution in [2.75, 3.05) is 32.0 Å². The molecule has 1 unspecified atom stereocenters. The number of urea groups is 1. The number of sulfonamides is 1. The van der Waals surface area contributed by atoms with Gasteiger partial charge in [-0.05, 0) is 30.9 Å². The zero-order valence-electron chi connectivity index (χ0n) is 18.4. The van der Waals surface area contributed by atoms with Gasteiger partial charge < -0.3 is 19.9 Å². The number of nitrogens with zero attached hydrogens (tertiary/aromatic N) is 3. The lowest BCUT2D eigenvalue weighted by Crippen LogP contribution is -2.49. The summed E-state index contributed by atoms with van der Waals surface area (Å²) >= 11 is 5.93. The van der Waals surface area contributed by atoms with Crippen molar-refractivity contribution in [3.05, 3.63) is 41.1 Å². The molecule has 2 heterocycles. The van der Waals surface area contributed by atoms with Crippen molar-refractivity contribution in [1.29, 1.82) is 0 Å². The van der Waals surface area contributed by atoms with Crippen LogP contribution >= 0.6 is 11.6 Å². The van der Waals surface area contributed by atoms with E-state index in [2.05, 4.69) is 10.3 Å². The maximum atomic E-state index is 14.5. The van der Waals surface area contributed by atoms with Gasteiger partial charge in [0.25, 0.3) is 5.91 Å². The number of hydrazine groups is 1. The van der Waals surface area contributed by atoms with Gasteiger partial charge in [0.15, 0.2) is 5.82 Å². The van der Waals surface area contributed by atoms with Crippen molar-refractivity contribution in [3.8, 4) is 11.3 Å².